The fourth-order valence-electron chi connectivity index (χ4n) is 3.16. The molecule has 0 atom stereocenters. The summed E-state index contributed by atoms with van der Waals surface area (Å²) < 4.78 is 5.98. The second kappa shape index (κ2) is 7.19. The van der Waals surface area contributed by atoms with Gasteiger partial charge in [-0.25, -0.2) is 4.98 Å². The number of hydrogen-bond acceptors (Lipinski definition) is 4. The molecule has 0 spiro atoms. The summed E-state index contributed by atoms with van der Waals surface area (Å²) in [5.74, 6) is 0. The largest absolute Gasteiger partial charge is 0.456 e. The van der Waals surface area contributed by atoms with Crippen LogP contribution in [0.4, 0.5) is 0 Å². The zero-order valence-electron chi connectivity index (χ0n) is 14.6. The van der Waals surface area contributed by atoms with Crippen LogP contribution in [0.5, 0.6) is 0 Å². The summed E-state index contributed by atoms with van der Waals surface area (Å²) in [5, 5.41) is 11.0. The van der Waals surface area contributed by atoms with Gasteiger partial charge in [0.2, 0.25) is 0 Å². The highest BCUT2D eigenvalue weighted by molar-refractivity contribution is 6.05. The third-order valence-electron chi connectivity index (χ3n) is 4.41. The van der Waals surface area contributed by atoms with Crippen LogP contribution in [0.3, 0.4) is 0 Å². The van der Waals surface area contributed by atoms with Crippen molar-refractivity contribution < 1.29 is 4.42 Å². The van der Waals surface area contributed by atoms with Gasteiger partial charge in [0.1, 0.15) is 11.2 Å². The maximum atomic E-state index is 8.84. The molecule has 2 heterocycles. The average molecular weight is 351 g/mol. The van der Waals surface area contributed by atoms with Crippen LogP contribution in [0, 0.1) is 11.3 Å². The lowest BCUT2D eigenvalue weighted by atomic mass is 10.1. The standard InChI is InChI=1S/C23H17N3O/c24-13-4-5-16(12-14-25)20-7-3-8-21(26-20)17-10-11-19-18-6-1-2-9-22(18)27-23(19)15-17/h1-3,5-12,14-15H,4,25H2/b14-12-,16-5+. The predicted octanol–water partition coefficient (Wildman–Crippen LogP) is 5.42. The predicted molar refractivity (Wildman–Crippen MR) is 108 cm³/mol. The minimum atomic E-state index is 0.302. The van der Waals surface area contributed by atoms with Crippen LogP contribution >= 0.6 is 0 Å². The van der Waals surface area contributed by atoms with Crippen molar-refractivity contribution in [3.05, 3.63) is 84.7 Å². The highest BCUT2D eigenvalue weighted by atomic mass is 16.3. The van der Waals surface area contributed by atoms with Crippen LogP contribution in [0.15, 0.2) is 83.4 Å². The molecule has 4 heteroatoms. The molecule has 2 aromatic heterocycles. The van der Waals surface area contributed by atoms with Gasteiger partial charge in [-0.2, -0.15) is 5.26 Å². The molecule has 130 valence electrons. The van der Waals surface area contributed by atoms with Crippen molar-refractivity contribution in [1.82, 2.24) is 4.98 Å². The van der Waals surface area contributed by atoms with Gasteiger partial charge < -0.3 is 10.2 Å². The van der Waals surface area contributed by atoms with Gasteiger partial charge in [0.05, 0.1) is 23.9 Å². The van der Waals surface area contributed by atoms with E-state index in [2.05, 4.69) is 18.2 Å². The summed E-state index contributed by atoms with van der Waals surface area (Å²) in [6, 6.07) is 22.1. The van der Waals surface area contributed by atoms with Crippen molar-refractivity contribution in [3.8, 4) is 17.3 Å². The zero-order valence-corrected chi connectivity index (χ0v) is 14.6. The number of furan rings is 1. The van der Waals surface area contributed by atoms with Crippen molar-refractivity contribution in [3.63, 3.8) is 0 Å². The van der Waals surface area contributed by atoms with E-state index >= 15 is 0 Å². The summed E-state index contributed by atoms with van der Waals surface area (Å²) in [4.78, 5) is 4.75. The summed E-state index contributed by atoms with van der Waals surface area (Å²) in [7, 11) is 0. The third kappa shape index (κ3) is 3.19. The molecule has 2 aromatic carbocycles. The first kappa shape index (κ1) is 16.6. The Hall–Kier alpha value is -3.84. The van der Waals surface area contributed by atoms with Crippen molar-refractivity contribution in [2.45, 2.75) is 6.42 Å². The normalized spacial score (nSPS) is 12.0. The van der Waals surface area contributed by atoms with Crippen LogP contribution in [0.1, 0.15) is 12.1 Å². The van der Waals surface area contributed by atoms with Crippen LogP contribution in [-0.4, -0.2) is 4.98 Å². The first-order valence-corrected chi connectivity index (χ1v) is 8.64. The van der Waals surface area contributed by atoms with E-state index in [-0.39, 0.29) is 0 Å². The Morgan fingerprint density at radius 1 is 1.04 bits per heavy atom. The highest BCUT2D eigenvalue weighted by Gasteiger charge is 2.09. The molecular formula is C23H17N3O. The van der Waals surface area contributed by atoms with Crippen molar-refractivity contribution >= 4 is 27.5 Å². The van der Waals surface area contributed by atoms with Gasteiger partial charge in [0.15, 0.2) is 0 Å². The van der Waals surface area contributed by atoms with Gasteiger partial charge in [-0.15, -0.1) is 0 Å². The molecular weight excluding hydrogens is 334 g/mol. The number of hydrogen-bond donors (Lipinski definition) is 1. The molecule has 0 aliphatic rings. The quantitative estimate of drug-likeness (QED) is 0.498. The van der Waals surface area contributed by atoms with Gasteiger partial charge >= 0.3 is 0 Å². The molecule has 0 fully saturated rings. The fraction of sp³-hybridized carbons (Fsp3) is 0.0435. The number of nitrogens with zero attached hydrogens (tertiary/aromatic N) is 2. The van der Waals surface area contributed by atoms with Gasteiger partial charge in [0.25, 0.3) is 0 Å². The number of nitriles is 1. The number of allylic oxidation sites excluding steroid dienone is 3. The summed E-state index contributed by atoms with van der Waals surface area (Å²) >= 11 is 0. The van der Waals surface area contributed by atoms with Crippen LogP contribution in [0.25, 0.3) is 38.8 Å². The molecule has 0 amide bonds. The van der Waals surface area contributed by atoms with E-state index in [1.54, 1.807) is 6.08 Å². The molecule has 0 saturated heterocycles. The van der Waals surface area contributed by atoms with Crippen LogP contribution < -0.4 is 5.73 Å². The fourth-order valence-corrected chi connectivity index (χ4v) is 3.16. The number of aromatic nitrogens is 1. The maximum absolute atomic E-state index is 8.84. The van der Waals surface area contributed by atoms with Gasteiger partial charge in [0, 0.05) is 16.3 Å². The highest BCUT2D eigenvalue weighted by Crippen LogP contribution is 2.31. The molecule has 4 aromatic rings. The first-order valence-electron chi connectivity index (χ1n) is 8.64. The minimum Gasteiger partial charge on any atom is -0.456 e. The van der Waals surface area contributed by atoms with E-state index in [0.717, 1.165) is 44.5 Å². The number of fused-ring (bicyclic) bond motifs is 3. The second-order valence-electron chi connectivity index (χ2n) is 6.10. The Labute approximate surface area is 156 Å². The Kier molecular flexibility index (Phi) is 4.42. The third-order valence-corrected chi connectivity index (χ3v) is 4.41. The zero-order chi connectivity index (χ0) is 18.6. The Bertz CT molecular complexity index is 1230. The van der Waals surface area contributed by atoms with Gasteiger partial charge in [-0.05, 0) is 48.2 Å². The molecule has 4 rings (SSSR count). The van der Waals surface area contributed by atoms with Gasteiger partial charge in [-0.1, -0.05) is 36.4 Å². The number of nitrogens with two attached hydrogens (primary N) is 1. The first-order chi connectivity index (χ1) is 13.3. The average Bonchev–Trinajstić information content (AvgIpc) is 3.09. The number of rotatable bonds is 4. The Morgan fingerprint density at radius 2 is 1.89 bits per heavy atom. The monoisotopic (exact) mass is 351 g/mol. The molecule has 0 bridgehead atoms. The van der Waals surface area contributed by atoms with E-state index < -0.39 is 0 Å². The molecule has 0 aliphatic carbocycles. The molecule has 27 heavy (non-hydrogen) atoms. The Morgan fingerprint density at radius 3 is 2.74 bits per heavy atom. The minimum absolute atomic E-state index is 0.302. The summed E-state index contributed by atoms with van der Waals surface area (Å²) in [6.45, 7) is 0. The summed E-state index contributed by atoms with van der Waals surface area (Å²) in [6.07, 6.45) is 5.33. The summed E-state index contributed by atoms with van der Waals surface area (Å²) in [5.41, 5.74) is 10.7. The molecule has 0 unspecified atom stereocenters. The van der Waals surface area contributed by atoms with Crippen LogP contribution in [-0.2, 0) is 0 Å². The van der Waals surface area contributed by atoms with Crippen molar-refractivity contribution in [2.24, 2.45) is 5.73 Å². The number of pyridine rings is 1. The molecule has 0 aliphatic heterocycles. The molecule has 0 saturated carbocycles. The van der Waals surface area contributed by atoms with Crippen molar-refractivity contribution in [1.29, 1.82) is 5.26 Å². The van der Waals surface area contributed by atoms with E-state index in [1.807, 2.05) is 54.6 Å². The lowest BCUT2D eigenvalue weighted by Gasteiger charge is -2.06. The van der Waals surface area contributed by atoms with E-state index in [9.17, 15) is 0 Å². The second-order valence-corrected chi connectivity index (χ2v) is 6.10. The lowest BCUT2D eigenvalue weighted by molar-refractivity contribution is 0.669. The van der Waals surface area contributed by atoms with Crippen molar-refractivity contribution in [2.75, 3.05) is 0 Å². The van der Waals surface area contributed by atoms with Crippen LogP contribution in [0.2, 0.25) is 0 Å². The maximum Gasteiger partial charge on any atom is 0.136 e. The molecule has 2 N–H and O–H groups in total. The van der Waals surface area contributed by atoms with E-state index in [1.165, 1.54) is 6.20 Å². The Balaban J connectivity index is 1.79. The number of benzene rings is 2. The lowest BCUT2D eigenvalue weighted by Crippen LogP contribution is -1.91. The smallest absolute Gasteiger partial charge is 0.136 e. The number of para-hydroxylation sites is 1. The topological polar surface area (TPSA) is 75.8 Å². The van der Waals surface area contributed by atoms with Gasteiger partial charge in [-0.3, -0.25) is 0 Å². The molecule has 4 nitrogen and oxygen atoms in total. The van der Waals surface area contributed by atoms with E-state index in [0.29, 0.717) is 6.42 Å². The molecule has 0 radical (unpaired) electrons. The van der Waals surface area contributed by atoms with E-state index in [4.69, 9.17) is 20.4 Å². The SMILES string of the molecule is N#CC/C=C(\C=C/N)c1cccc(-c2ccc3c(c2)oc2ccccc23)n1.